The summed E-state index contributed by atoms with van der Waals surface area (Å²) in [7, 11) is 1.56. The van der Waals surface area contributed by atoms with Gasteiger partial charge in [0, 0.05) is 12.1 Å². The second kappa shape index (κ2) is 7.34. The van der Waals surface area contributed by atoms with E-state index in [1.54, 1.807) is 31.4 Å². The predicted molar refractivity (Wildman–Crippen MR) is 105 cm³/mol. The second-order valence-corrected chi connectivity index (χ2v) is 7.01. The number of ether oxygens (including phenoxy) is 1. The van der Waals surface area contributed by atoms with Crippen molar-refractivity contribution in [2.24, 2.45) is 5.92 Å². The molecule has 0 aliphatic heterocycles. The highest BCUT2D eigenvalue weighted by molar-refractivity contribution is 5.83. The summed E-state index contributed by atoms with van der Waals surface area (Å²) in [5.74, 6) is 1.29. The molecule has 1 amide bonds. The van der Waals surface area contributed by atoms with Crippen molar-refractivity contribution in [2.45, 2.75) is 19.4 Å². The highest BCUT2D eigenvalue weighted by Gasteiger charge is 2.22. The quantitative estimate of drug-likeness (QED) is 0.685. The maximum Gasteiger partial charge on any atom is 0.262 e. The Morgan fingerprint density at radius 2 is 2.11 bits per heavy atom. The lowest BCUT2D eigenvalue weighted by molar-refractivity contribution is -0.121. The van der Waals surface area contributed by atoms with E-state index in [2.05, 4.69) is 10.3 Å². The summed E-state index contributed by atoms with van der Waals surface area (Å²) in [5.41, 5.74) is 0.747. The lowest BCUT2D eigenvalue weighted by Crippen LogP contribution is -2.34. The molecule has 28 heavy (non-hydrogen) atoms. The minimum Gasteiger partial charge on any atom is -0.508 e. The lowest BCUT2D eigenvalue weighted by Gasteiger charge is -2.14. The Morgan fingerprint density at radius 3 is 2.86 bits per heavy atom. The summed E-state index contributed by atoms with van der Waals surface area (Å²) in [4.78, 5) is 30.1. The third-order valence-corrected chi connectivity index (χ3v) is 4.85. The highest BCUT2D eigenvalue weighted by Crippen LogP contribution is 2.27. The van der Waals surface area contributed by atoms with Crippen LogP contribution in [0, 0.1) is 5.92 Å². The SMILES string of the molecule is COc1cccc(-c2nc3ccc(O)cc3c(=O)n2CC(=O)NCC2CC2)c1. The molecular formula is C21H21N3O4. The summed E-state index contributed by atoms with van der Waals surface area (Å²) in [6, 6.07) is 11.6. The van der Waals surface area contributed by atoms with E-state index in [9.17, 15) is 14.7 Å². The Balaban J connectivity index is 1.81. The van der Waals surface area contributed by atoms with Gasteiger partial charge in [-0.3, -0.25) is 14.2 Å². The number of hydrogen-bond donors (Lipinski definition) is 2. The number of rotatable bonds is 6. The molecule has 0 spiro atoms. The van der Waals surface area contributed by atoms with E-state index in [1.807, 2.05) is 6.07 Å². The van der Waals surface area contributed by atoms with Gasteiger partial charge in [0.2, 0.25) is 5.91 Å². The zero-order valence-electron chi connectivity index (χ0n) is 15.5. The smallest absolute Gasteiger partial charge is 0.262 e. The van der Waals surface area contributed by atoms with Crippen molar-refractivity contribution in [2.75, 3.05) is 13.7 Å². The molecule has 0 atom stereocenters. The van der Waals surface area contributed by atoms with Crippen LogP contribution in [0.15, 0.2) is 47.3 Å². The minimum absolute atomic E-state index is 0.0229. The van der Waals surface area contributed by atoms with Gasteiger partial charge in [-0.2, -0.15) is 0 Å². The maximum atomic E-state index is 13.1. The average Bonchev–Trinajstić information content (AvgIpc) is 3.53. The van der Waals surface area contributed by atoms with Crippen LogP contribution in [0.3, 0.4) is 0 Å². The molecule has 3 aromatic rings. The summed E-state index contributed by atoms with van der Waals surface area (Å²) in [6.07, 6.45) is 2.26. The first-order chi connectivity index (χ1) is 13.5. The third kappa shape index (κ3) is 3.69. The molecule has 1 aliphatic rings. The van der Waals surface area contributed by atoms with Gasteiger partial charge < -0.3 is 15.2 Å². The molecule has 1 saturated carbocycles. The van der Waals surface area contributed by atoms with Crippen LogP contribution < -0.4 is 15.6 Å². The van der Waals surface area contributed by atoms with Crippen molar-refractivity contribution in [1.82, 2.24) is 14.9 Å². The fourth-order valence-corrected chi connectivity index (χ4v) is 3.12. The number of benzene rings is 2. The van der Waals surface area contributed by atoms with Gasteiger partial charge in [0.1, 0.15) is 23.9 Å². The van der Waals surface area contributed by atoms with E-state index in [0.29, 0.717) is 35.1 Å². The topological polar surface area (TPSA) is 93.4 Å². The predicted octanol–water partition coefficient (Wildman–Crippen LogP) is 2.30. The molecule has 0 saturated heterocycles. The van der Waals surface area contributed by atoms with Crippen LogP contribution in [0.5, 0.6) is 11.5 Å². The van der Waals surface area contributed by atoms with Crippen molar-refractivity contribution in [1.29, 1.82) is 0 Å². The van der Waals surface area contributed by atoms with E-state index in [-0.39, 0.29) is 29.1 Å². The molecular weight excluding hydrogens is 358 g/mol. The monoisotopic (exact) mass is 379 g/mol. The Hall–Kier alpha value is -3.35. The number of methoxy groups -OCH3 is 1. The number of aromatic hydroxyl groups is 1. The van der Waals surface area contributed by atoms with Crippen LogP contribution in [0.2, 0.25) is 0 Å². The summed E-state index contributed by atoms with van der Waals surface area (Å²) < 4.78 is 6.62. The number of nitrogens with zero attached hydrogens (tertiary/aromatic N) is 2. The summed E-state index contributed by atoms with van der Waals surface area (Å²) >= 11 is 0. The van der Waals surface area contributed by atoms with E-state index in [4.69, 9.17) is 4.74 Å². The van der Waals surface area contributed by atoms with E-state index in [1.165, 1.54) is 16.7 Å². The van der Waals surface area contributed by atoms with Crippen LogP contribution >= 0.6 is 0 Å². The van der Waals surface area contributed by atoms with Gasteiger partial charge in [0.25, 0.3) is 5.56 Å². The fourth-order valence-electron chi connectivity index (χ4n) is 3.12. The highest BCUT2D eigenvalue weighted by atomic mass is 16.5. The Kier molecular flexibility index (Phi) is 4.73. The molecule has 0 radical (unpaired) electrons. The first-order valence-electron chi connectivity index (χ1n) is 9.20. The molecule has 144 valence electrons. The molecule has 1 aliphatic carbocycles. The van der Waals surface area contributed by atoms with E-state index >= 15 is 0 Å². The van der Waals surface area contributed by atoms with Gasteiger partial charge in [-0.25, -0.2) is 4.98 Å². The van der Waals surface area contributed by atoms with Crippen LogP contribution in [0.4, 0.5) is 0 Å². The first kappa shape index (κ1) is 18.0. The minimum atomic E-state index is -0.375. The number of carbonyl (C=O) groups is 1. The van der Waals surface area contributed by atoms with Crippen molar-refractivity contribution in [3.63, 3.8) is 0 Å². The first-order valence-corrected chi connectivity index (χ1v) is 9.20. The number of amides is 1. The molecule has 1 aromatic heterocycles. The third-order valence-electron chi connectivity index (χ3n) is 4.85. The number of phenolic OH excluding ortho intramolecular Hbond substituents is 1. The molecule has 0 unspecified atom stereocenters. The maximum absolute atomic E-state index is 13.1. The van der Waals surface area contributed by atoms with Crippen molar-refractivity contribution in [3.05, 3.63) is 52.8 Å². The molecule has 0 bridgehead atoms. The Morgan fingerprint density at radius 1 is 1.29 bits per heavy atom. The van der Waals surface area contributed by atoms with Gasteiger partial charge in [-0.15, -0.1) is 0 Å². The summed E-state index contributed by atoms with van der Waals surface area (Å²) in [6.45, 7) is 0.487. The van der Waals surface area contributed by atoms with Gasteiger partial charge >= 0.3 is 0 Å². The zero-order valence-corrected chi connectivity index (χ0v) is 15.5. The fraction of sp³-hybridized carbons (Fsp3) is 0.286. The number of fused-ring (bicyclic) bond motifs is 1. The molecule has 1 fully saturated rings. The number of aromatic nitrogens is 2. The molecule has 7 nitrogen and oxygen atoms in total. The van der Waals surface area contributed by atoms with Gasteiger partial charge in [0.05, 0.1) is 18.0 Å². The van der Waals surface area contributed by atoms with Crippen LogP contribution in [0.1, 0.15) is 12.8 Å². The van der Waals surface area contributed by atoms with Gasteiger partial charge in [0.15, 0.2) is 0 Å². The molecule has 2 aromatic carbocycles. The number of nitrogens with one attached hydrogen (secondary N) is 1. The number of hydrogen-bond acceptors (Lipinski definition) is 5. The standard InChI is InChI=1S/C21H21N3O4/c1-28-16-4-2-3-14(9-16)20-23-18-8-7-15(25)10-17(18)21(27)24(20)12-19(26)22-11-13-5-6-13/h2-4,7-10,13,25H,5-6,11-12H2,1H3,(H,22,26). The van der Waals surface area contributed by atoms with Crippen molar-refractivity contribution in [3.8, 4) is 22.9 Å². The zero-order chi connectivity index (χ0) is 19.7. The largest absolute Gasteiger partial charge is 0.508 e. The average molecular weight is 379 g/mol. The normalized spacial score (nSPS) is 13.5. The summed E-state index contributed by atoms with van der Waals surface area (Å²) in [5, 5.41) is 12.9. The van der Waals surface area contributed by atoms with Gasteiger partial charge in [-0.1, -0.05) is 12.1 Å². The Bertz CT molecular complexity index is 1100. The second-order valence-electron chi connectivity index (χ2n) is 7.01. The molecule has 4 rings (SSSR count). The molecule has 7 heteroatoms. The van der Waals surface area contributed by atoms with Crippen LogP contribution in [0.25, 0.3) is 22.3 Å². The van der Waals surface area contributed by atoms with Crippen LogP contribution in [-0.2, 0) is 11.3 Å². The number of carbonyl (C=O) groups excluding carboxylic acids is 1. The Labute approximate surface area is 161 Å². The van der Waals surface area contributed by atoms with Crippen LogP contribution in [-0.4, -0.2) is 34.2 Å². The van der Waals surface area contributed by atoms with Gasteiger partial charge in [-0.05, 0) is 49.1 Å². The van der Waals surface area contributed by atoms with Crippen molar-refractivity contribution >= 4 is 16.8 Å². The van der Waals surface area contributed by atoms with E-state index < -0.39 is 0 Å². The molecule has 2 N–H and O–H groups in total. The van der Waals surface area contributed by atoms with E-state index in [0.717, 1.165) is 12.8 Å². The molecule has 1 heterocycles. The van der Waals surface area contributed by atoms with Crippen molar-refractivity contribution < 1.29 is 14.6 Å². The lowest BCUT2D eigenvalue weighted by atomic mass is 10.1. The number of phenols is 1.